The Morgan fingerprint density at radius 2 is 1.85 bits per heavy atom. The van der Waals surface area contributed by atoms with Gasteiger partial charge >= 0.3 is 5.97 Å². The summed E-state index contributed by atoms with van der Waals surface area (Å²) in [5, 5.41) is 0.651. The van der Waals surface area contributed by atoms with Gasteiger partial charge in [0.05, 0.1) is 12.3 Å². The molecular weight excluding hydrogens is 364 g/mol. The standard InChI is InChI=1S/C21H25ClN2O3/c1-3-7-17-18(21(25)26-4-2)20(27-16-8-5-6-9-16)24-19(23-17)14-10-12-15(22)13-11-14/h10-13,16H,3-9H2,1-2H3. The molecule has 0 spiro atoms. The van der Waals surface area contributed by atoms with Gasteiger partial charge in [0.2, 0.25) is 5.88 Å². The van der Waals surface area contributed by atoms with E-state index in [2.05, 4.69) is 16.9 Å². The Morgan fingerprint density at radius 3 is 2.48 bits per heavy atom. The Kier molecular flexibility index (Phi) is 6.67. The van der Waals surface area contributed by atoms with Gasteiger partial charge in [-0.1, -0.05) is 24.9 Å². The number of aryl methyl sites for hydroxylation is 1. The summed E-state index contributed by atoms with van der Waals surface area (Å²) >= 11 is 6.00. The minimum atomic E-state index is -0.420. The summed E-state index contributed by atoms with van der Waals surface area (Å²) in [7, 11) is 0. The molecule has 1 aromatic carbocycles. The van der Waals surface area contributed by atoms with E-state index in [4.69, 9.17) is 21.1 Å². The van der Waals surface area contributed by atoms with Gasteiger partial charge in [0, 0.05) is 10.6 Å². The highest BCUT2D eigenvalue weighted by Crippen LogP contribution is 2.30. The number of esters is 1. The second kappa shape index (κ2) is 9.18. The lowest BCUT2D eigenvalue weighted by molar-refractivity contribution is 0.0515. The van der Waals surface area contributed by atoms with Crippen LogP contribution >= 0.6 is 11.6 Å². The van der Waals surface area contributed by atoms with Gasteiger partial charge < -0.3 is 9.47 Å². The highest BCUT2D eigenvalue weighted by molar-refractivity contribution is 6.30. The molecule has 1 saturated carbocycles. The van der Waals surface area contributed by atoms with Crippen LogP contribution in [0.3, 0.4) is 0 Å². The fourth-order valence-electron chi connectivity index (χ4n) is 3.29. The Labute approximate surface area is 165 Å². The highest BCUT2D eigenvalue weighted by Gasteiger charge is 2.27. The summed E-state index contributed by atoms with van der Waals surface area (Å²) in [5.41, 5.74) is 1.87. The first kappa shape index (κ1) is 19.6. The van der Waals surface area contributed by atoms with Crippen LogP contribution in [-0.4, -0.2) is 28.6 Å². The number of hydrogen-bond donors (Lipinski definition) is 0. The van der Waals surface area contributed by atoms with E-state index in [1.807, 2.05) is 12.1 Å². The van der Waals surface area contributed by atoms with E-state index in [-0.39, 0.29) is 6.10 Å². The van der Waals surface area contributed by atoms with Crippen LogP contribution in [0.2, 0.25) is 5.02 Å². The van der Waals surface area contributed by atoms with Crippen molar-refractivity contribution in [1.82, 2.24) is 9.97 Å². The first-order valence-electron chi connectivity index (χ1n) is 9.63. The van der Waals surface area contributed by atoms with Crippen LogP contribution in [0.15, 0.2) is 24.3 Å². The highest BCUT2D eigenvalue weighted by atomic mass is 35.5. The smallest absolute Gasteiger partial charge is 0.345 e. The molecule has 1 heterocycles. The van der Waals surface area contributed by atoms with Crippen molar-refractivity contribution in [3.05, 3.63) is 40.5 Å². The van der Waals surface area contributed by atoms with Crippen LogP contribution in [0.4, 0.5) is 0 Å². The minimum Gasteiger partial charge on any atom is -0.474 e. The van der Waals surface area contributed by atoms with Gasteiger partial charge in [-0.15, -0.1) is 0 Å². The second-order valence-corrected chi connectivity index (χ2v) is 7.11. The molecular formula is C21H25ClN2O3. The van der Waals surface area contributed by atoms with Crippen molar-refractivity contribution in [3.63, 3.8) is 0 Å². The molecule has 144 valence electrons. The summed E-state index contributed by atoms with van der Waals surface area (Å²) in [6, 6.07) is 7.35. The van der Waals surface area contributed by atoms with Crippen molar-refractivity contribution in [1.29, 1.82) is 0 Å². The monoisotopic (exact) mass is 388 g/mol. The summed E-state index contributed by atoms with van der Waals surface area (Å²) in [4.78, 5) is 21.9. The topological polar surface area (TPSA) is 61.3 Å². The average molecular weight is 389 g/mol. The van der Waals surface area contributed by atoms with Crippen LogP contribution in [0.5, 0.6) is 5.88 Å². The number of rotatable bonds is 7. The summed E-state index contributed by atoms with van der Waals surface area (Å²) in [6.45, 7) is 4.14. The summed E-state index contributed by atoms with van der Waals surface area (Å²) < 4.78 is 11.4. The van der Waals surface area contributed by atoms with Crippen LogP contribution < -0.4 is 4.74 Å². The van der Waals surface area contributed by atoms with E-state index in [1.165, 1.54) is 0 Å². The average Bonchev–Trinajstić information content (AvgIpc) is 3.15. The molecule has 1 fully saturated rings. The number of nitrogens with zero attached hydrogens (tertiary/aromatic N) is 2. The normalized spacial score (nSPS) is 14.3. The Morgan fingerprint density at radius 1 is 1.15 bits per heavy atom. The molecule has 3 rings (SSSR count). The molecule has 5 nitrogen and oxygen atoms in total. The van der Waals surface area contributed by atoms with Gasteiger partial charge in [-0.2, -0.15) is 4.98 Å². The maximum atomic E-state index is 12.6. The molecule has 6 heteroatoms. The minimum absolute atomic E-state index is 0.0839. The van der Waals surface area contributed by atoms with Crippen molar-refractivity contribution in [2.45, 2.75) is 58.5 Å². The SMILES string of the molecule is CCCc1nc(-c2ccc(Cl)cc2)nc(OC2CCCC2)c1C(=O)OCC. The molecule has 0 amide bonds. The van der Waals surface area contributed by atoms with Gasteiger partial charge in [-0.05, 0) is 63.3 Å². The van der Waals surface area contributed by atoms with Gasteiger partial charge in [0.15, 0.2) is 5.82 Å². The summed E-state index contributed by atoms with van der Waals surface area (Å²) in [5.74, 6) is 0.455. The Balaban J connectivity index is 2.08. The van der Waals surface area contributed by atoms with Gasteiger partial charge in [-0.25, -0.2) is 9.78 Å². The molecule has 27 heavy (non-hydrogen) atoms. The second-order valence-electron chi connectivity index (χ2n) is 6.68. The zero-order chi connectivity index (χ0) is 19.2. The van der Waals surface area contributed by atoms with E-state index in [9.17, 15) is 4.79 Å². The van der Waals surface area contributed by atoms with E-state index < -0.39 is 5.97 Å². The van der Waals surface area contributed by atoms with Gasteiger partial charge in [-0.3, -0.25) is 0 Å². The van der Waals surface area contributed by atoms with E-state index in [0.717, 1.165) is 37.7 Å². The zero-order valence-corrected chi connectivity index (χ0v) is 16.6. The van der Waals surface area contributed by atoms with E-state index in [1.54, 1.807) is 19.1 Å². The molecule has 0 unspecified atom stereocenters. The van der Waals surface area contributed by atoms with Crippen molar-refractivity contribution >= 4 is 17.6 Å². The molecule has 1 aromatic heterocycles. The molecule has 0 N–H and O–H groups in total. The molecule has 0 bridgehead atoms. The fourth-order valence-corrected chi connectivity index (χ4v) is 3.41. The van der Waals surface area contributed by atoms with Crippen molar-refractivity contribution in [3.8, 4) is 17.3 Å². The van der Waals surface area contributed by atoms with Crippen molar-refractivity contribution in [2.75, 3.05) is 6.61 Å². The van der Waals surface area contributed by atoms with E-state index >= 15 is 0 Å². The molecule has 1 aliphatic rings. The van der Waals surface area contributed by atoms with Crippen LogP contribution in [0.1, 0.15) is 62.0 Å². The first-order valence-corrected chi connectivity index (χ1v) is 10.0. The fraction of sp³-hybridized carbons (Fsp3) is 0.476. The number of aromatic nitrogens is 2. The molecule has 1 aliphatic carbocycles. The van der Waals surface area contributed by atoms with Crippen LogP contribution in [0.25, 0.3) is 11.4 Å². The number of carbonyl (C=O) groups excluding carboxylic acids is 1. The Bertz CT molecular complexity index is 787. The molecule has 0 aliphatic heterocycles. The molecule has 2 aromatic rings. The number of carbonyl (C=O) groups is 1. The maximum Gasteiger partial charge on any atom is 0.345 e. The third-order valence-electron chi connectivity index (χ3n) is 4.60. The van der Waals surface area contributed by atoms with E-state index in [0.29, 0.717) is 41.0 Å². The van der Waals surface area contributed by atoms with Gasteiger partial charge in [0.1, 0.15) is 11.7 Å². The van der Waals surface area contributed by atoms with Crippen LogP contribution in [0, 0.1) is 0 Å². The van der Waals surface area contributed by atoms with Gasteiger partial charge in [0.25, 0.3) is 0 Å². The third kappa shape index (κ3) is 4.78. The Hall–Kier alpha value is -2.14. The lowest BCUT2D eigenvalue weighted by Gasteiger charge is -2.18. The first-order chi connectivity index (χ1) is 13.1. The predicted molar refractivity (Wildman–Crippen MR) is 105 cm³/mol. The third-order valence-corrected chi connectivity index (χ3v) is 4.85. The lowest BCUT2D eigenvalue weighted by atomic mass is 10.1. The number of halogens is 1. The quantitative estimate of drug-likeness (QED) is 0.606. The number of ether oxygens (including phenoxy) is 2. The predicted octanol–water partition coefficient (Wildman–Crippen LogP) is 5.25. The number of hydrogen-bond acceptors (Lipinski definition) is 5. The molecule has 0 atom stereocenters. The van der Waals surface area contributed by atoms with Crippen molar-refractivity contribution in [2.24, 2.45) is 0 Å². The zero-order valence-electron chi connectivity index (χ0n) is 15.8. The lowest BCUT2D eigenvalue weighted by Crippen LogP contribution is -2.19. The largest absolute Gasteiger partial charge is 0.474 e. The molecule has 0 radical (unpaired) electrons. The summed E-state index contributed by atoms with van der Waals surface area (Å²) in [6.07, 6.45) is 5.81. The molecule has 0 saturated heterocycles. The maximum absolute atomic E-state index is 12.6. The van der Waals surface area contributed by atoms with Crippen LogP contribution in [-0.2, 0) is 11.2 Å². The number of benzene rings is 1. The van der Waals surface area contributed by atoms with Crippen molar-refractivity contribution < 1.29 is 14.3 Å².